The molecule has 0 aliphatic carbocycles. The number of nitrogen functional groups attached to an aromatic ring is 1. The number of nitrogens with two attached hydrogens (primary N) is 1. The van der Waals surface area contributed by atoms with Crippen LogP contribution in [0.5, 0.6) is 0 Å². The highest BCUT2D eigenvalue weighted by Crippen LogP contribution is 2.22. The molecule has 1 aliphatic rings. The molecule has 3 rings (SSSR count). The maximum absolute atomic E-state index is 5.81. The Hall–Kier alpha value is -2.24. The van der Waals surface area contributed by atoms with Crippen molar-refractivity contribution >= 4 is 11.9 Å². The monoisotopic (exact) mass is 256 g/mol. The Kier molecular flexibility index (Phi) is 2.98. The highest BCUT2D eigenvalue weighted by Gasteiger charge is 2.17. The van der Waals surface area contributed by atoms with Crippen LogP contribution in [0.3, 0.4) is 0 Å². The second-order valence-electron chi connectivity index (χ2n) is 4.70. The van der Waals surface area contributed by atoms with Crippen molar-refractivity contribution in [3.63, 3.8) is 0 Å². The predicted molar refractivity (Wildman–Crippen MR) is 73.7 cm³/mol. The van der Waals surface area contributed by atoms with E-state index in [0.717, 1.165) is 24.2 Å². The summed E-state index contributed by atoms with van der Waals surface area (Å²) in [5.41, 5.74) is 7.78. The third kappa shape index (κ3) is 2.33. The van der Waals surface area contributed by atoms with Gasteiger partial charge in [-0.1, -0.05) is 0 Å². The molecule has 1 aliphatic heterocycles. The van der Waals surface area contributed by atoms with Crippen LogP contribution in [0.25, 0.3) is 11.4 Å². The third-order valence-electron chi connectivity index (χ3n) is 3.31. The molecule has 2 aromatic rings. The number of nitrogens with zero attached hydrogens (tertiary/aromatic N) is 5. The van der Waals surface area contributed by atoms with Gasteiger partial charge in [-0.25, -0.2) is 0 Å². The van der Waals surface area contributed by atoms with Gasteiger partial charge in [0.2, 0.25) is 11.9 Å². The first kappa shape index (κ1) is 11.8. The molecular formula is C13H16N6. The Morgan fingerprint density at radius 3 is 2.68 bits per heavy atom. The van der Waals surface area contributed by atoms with Gasteiger partial charge >= 0.3 is 0 Å². The number of hydrogen-bond acceptors (Lipinski definition) is 6. The van der Waals surface area contributed by atoms with Crippen molar-refractivity contribution in [2.24, 2.45) is 0 Å². The van der Waals surface area contributed by atoms with Crippen LogP contribution < -0.4 is 10.6 Å². The van der Waals surface area contributed by atoms with E-state index in [1.807, 2.05) is 13.0 Å². The Balaban J connectivity index is 2.04. The van der Waals surface area contributed by atoms with Gasteiger partial charge in [-0.3, -0.25) is 4.98 Å². The third-order valence-corrected chi connectivity index (χ3v) is 3.31. The van der Waals surface area contributed by atoms with Gasteiger partial charge in [-0.15, -0.1) is 0 Å². The number of rotatable bonds is 2. The number of hydrogen-bond donors (Lipinski definition) is 1. The van der Waals surface area contributed by atoms with Crippen LogP contribution in [0.4, 0.5) is 11.9 Å². The molecule has 19 heavy (non-hydrogen) atoms. The average Bonchev–Trinajstić information content (AvgIpc) is 2.92. The van der Waals surface area contributed by atoms with Crippen LogP contribution in [0.1, 0.15) is 18.4 Å². The van der Waals surface area contributed by atoms with Gasteiger partial charge in [0, 0.05) is 31.0 Å². The first-order chi connectivity index (χ1) is 9.24. The normalized spacial score (nSPS) is 14.9. The fraction of sp³-hybridized carbons (Fsp3) is 0.385. The van der Waals surface area contributed by atoms with E-state index in [2.05, 4.69) is 24.8 Å². The van der Waals surface area contributed by atoms with Gasteiger partial charge in [0.05, 0.1) is 0 Å². The van der Waals surface area contributed by atoms with E-state index in [1.54, 1.807) is 12.4 Å². The van der Waals surface area contributed by atoms with Crippen LogP contribution in [0.15, 0.2) is 18.5 Å². The lowest BCUT2D eigenvalue weighted by Gasteiger charge is -2.16. The predicted octanol–water partition coefficient (Wildman–Crippen LogP) is 1.42. The Morgan fingerprint density at radius 2 is 1.95 bits per heavy atom. The zero-order valence-electron chi connectivity index (χ0n) is 10.9. The van der Waals surface area contributed by atoms with E-state index in [0.29, 0.717) is 11.8 Å². The number of aryl methyl sites for hydroxylation is 1. The van der Waals surface area contributed by atoms with E-state index in [9.17, 15) is 0 Å². The maximum atomic E-state index is 5.81. The highest BCUT2D eigenvalue weighted by atomic mass is 15.3. The Labute approximate surface area is 111 Å². The van der Waals surface area contributed by atoms with Crippen LogP contribution in [-0.2, 0) is 0 Å². The number of aromatic nitrogens is 4. The molecule has 2 N–H and O–H groups in total. The summed E-state index contributed by atoms with van der Waals surface area (Å²) < 4.78 is 0. The van der Waals surface area contributed by atoms with Gasteiger partial charge in [-0.2, -0.15) is 15.0 Å². The molecule has 98 valence electrons. The lowest BCUT2D eigenvalue weighted by Crippen LogP contribution is -2.21. The van der Waals surface area contributed by atoms with Gasteiger partial charge in [0.25, 0.3) is 0 Å². The lowest BCUT2D eigenvalue weighted by atomic mass is 10.1. The summed E-state index contributed by atoms with van der Waals surface area (Å²) in [7, 11) is 0. The molecule has 0 spiro atoms. The molecule has 0 bridgehead atoms. The largest absolute Gasteiger partial charge is 0.368 e. The van der Waals surface area contributed by atoms with Crippen molar-refractivity contribution in [3.05, 3.63) is 24.0 Å². The van der Waals surface area contributed by atoms with Gasteiger partial charge < -0.3 is 10.6 Å². The van der Waals surface area contributed by atoms with Gasteiger partial charge in [0.1, 0.15) is 0 Å². The second kappa shape index (κ2) is 4.79. The quantitative estimate of drug-likeness (QED) is 0.875. The summed E-state index contributed by atoms with van der Waals surface area (Å²) in [4.78, 5) is 19.3. The Morgan fingerprint density at radius 1 is 1.16 bits per heavy atom. The number of pyridine rings is 1. The van der Waals surface area contributed by atoms with Crippen molar-refractivity contribution in [1.29, 1.82) is 0 Å². The highest BCUT2D eigenvalue weighted by molar-refractivity contribution is 5.60. The Bertz CT molecular complexity index is 591. The summed E-state index contributed by atoms with van der Waals surface area (Å²) in [5, 5.41) is 0. The minimum absolute atomic E-state index is 0.259. The molecule has 6 nitrogen and oxygen atoms in total. The molecule has 0 aromatic carbocycles. The second-order valence-corrected chi connectivity index (χ2v) is 4.70. The van der Waals surface area contributed by atoms with Gasteiger partial charge in [0.15, 0.2) is 5.82 Å². The van der Waals surface area contributed by atoms with Crippen molar-refractivity contribution in [3.8, 4) is 11.4 Å². The van der Waals surface area contributed by atoms with Crippen LogP contribution in [-0.4, -0.2) is 33.0 Å². The summed E-state index contributed by atoms with van der Waals surface area (Å²) in [6.45, 7) is 3.97. The summed E-state index contributed by atoms with van der Waals surface area (Å²) in [5.74, 6) is 1.53. The fourth-order valence-corrected chi connectivity index (χ4v) is 2.26. The lowest BCUT2D eigenvalue weighted by molar-refractivity contribution is 0.886. The van der Waals surface area contributed by atoms with Gasteiger partial charge in [-0.05, 0) is 31.4 Å². The van der Waals surface area contributed by atoms with Crippen molar-refractivity contribution in [2.75, 3.05) is 23.7 Å². The van der Waals surface area contributed by atoms with Crippen LogP contribution in [0, 0.1) is 6.92 Å². The SMILES string of the molecule is Cc1ccncc1-c1nc(N)nc(N2CCCC2)n1. The molecule has 6 heteroatoms. The first-order valence-corrected chi connectivity index (χ1v) is 6.41. The van der Waals surface area contributed by atoms with E-state index < -0.39 is 0 Å². The minimum Gasteiger partial charge on any atom is -0.368 e. The first-order valence-electron chi connectivity index (χ1n) is 6.41. The zero-order valence-corrected chi connectivity index (χ0v) is 10.9. The van der Waals surface area contributed by atoms with E-state index >= 15 is 0 Å². The van der Waals surface area contributed by atoms with E-state index in [4.69, 9.17) is 5.73 Å². The van der Waals surface area contributed by atoms with Crippen molar-refractivity contribution in [1.82, 2.24) is 19.9 Å². The fourth-order valence-electron chi connectivity index (χ4n) is 2.26. The zero-order chi connectivity index (χ0) is 13.2. The molecule has 0 unspecified atom stereocenters. The molecule has 0 atom stereocenters. The smallest absolute Gasteiger partial charge is 0.230 e. The molecule has 1 saturated heterocycles. The molecule has 2 aromatic heterocycles. The molecule has 3 heterocycles. The topological polar surface area (TPSA) is 80.8 Å². The average molecular weight is 256 g/mol. The molecule has 1 fully saturated rings. The summed E-state index contributed by atoms with van der Waals surface area (Å²) in [6.07, 6.45) is 5.86. The standard InChI is InChI=1S/C13H16N6/c1-9-4-5-15-8-10(9)11-16-12(14)18-13(17-11)19-6-2-3-7-19/h4-5,8H,2-3,6-7H2,1H3,(H2,14,16,17,18). The van der Waals surface area contributed by atoms with Crippen molar-refractivity contribution in [2.45, 2.75) is 19.8 Å². The number of anilines is 2. The van der Waals surface area contributed by atoms with E-state index in [1.165, 1.54) is 12.8 Å². The molecular weight excluding hydrogens is 240 g/mol. The molecule has 0 saturated carbocycles. The van der Waals surface area contributed by atoms with E-state index in [-0.39, 0.29) is 5.95 Å². The summed E-state index contributed by atoms with van der Waals surface area (Å²) in [6, 6.07) is 1.94. The molecule has 0 amide bonds. The minimum atomic E-state index is 0.259. The summed E-state index contributed by atoms with van der Waals surface area (Å²) >= 11 is 0. The van der Waals surface area contributed by atoms with Crippen LogP contribution >= 0.6 is 0 Å². The van der Waals surface area contributed by atoms with Crippen LogP contribution in [0.2, 0.25) is 0 Å². The molecule has 0 radical (unpaired) electrons. The van der Waals surface area contributed by atoms with Crippen molar-refractivity contribution < 1.29 is 0 Å². The maximum Gasteiger partial charge on any atom is 0.230 e.